The summed E-state index contributed by atoms with van der Waals surface area (Å²) in [5.74, 6) is -0.136. The highest BCUT2D eigenvalue weighted by Crippen LogP contribution is 2.26. The van der Waals surface area contributed by atoms with Crippen LogP contribution in [0.15, 0.2) is 40.9 Å². The van der Waals surface area contributed by atoms with Crippen LogP contribution in [-0.2, 0) is 15.6 Å². The SMILES string of the molecule is O=S(=O)(Cc1sccc1Cl)c1nc2ccccc2[nH]1. The van der Waals surface area contributed by atoms with Crippen molar-refractivity contribution in [2.75, 3.05) is 0 Å². The van der Waals surface area contributed by atoms with Crippen LogP contribution in [0.4, 0.5) is 0 Å². The summed E-state index contributed by atoms with van der Waals surface area (Å²) in [5, 5.41) is 2.23. The first-order valence-electron chi connectivity index (χ1n) is 5.46. The van der Waals surface area contributed by atoms with Crippen molar-refractivity contribution < 1.29 is 8.42 Å². The maximum atomic E-state index is 12.3. The Morgan fingerprint density at radius 3 is 2.74 bits per heavy atom. The van der Waals surface area contributed by atoms with Crippen molar-refractivity contribution in [2.24, 2.45) is 0 Å². The monoisotopic (exact) mass is 312 g/mol. The van der Waals surface area contributed by atoms with Crippen LogP contribution in [0.5, 0.6) is 0 Å². The van der Waals surface area contributed by atoms with Crippen molar-refractivity contribution in [3.05, 3.63) is 45.6 Å². The van der Waals surface area contributed by atoms with Crippen LogP contribution >= 0.6 is 22.9 Å². The molecule has 1 N–H and O–H groups in total. The third kappa shape index (κ3) is 2.39. The molecule has 0 aliphatic carbocycles. The van der Waals surface area contributed by atoms with E-state index in [1.165, 1.54) is 11.3 Å². The van der Waals surface area contributed by atoms with E-state index in [1.54, 1.807) is 23.6 Å². The molecule has 3 rings (SSSR count). The zero-order chi connectivity index (χ0) is 13.5. The molecule has 3 aromatic rings. The van der Waals surface area contributed by atoms with Gasteiger partial charge in [-0.3, -0.25) is 0 Å². The fraction of sp³-hybridized carbons (Fsp3) is 0.0833. The number of nitrogens with one attached hydrogen (secondary N) is 1. The van der Waals surface area contributed by atoms with Crippen LogP contribution in [0.1, 0.15) is 4.88 Å². The molecule has 19 heavy (non-hydrogen) atoms. The summed E-state index contributed by atoms with van der Waals surface area (Å²) in [4.78, 5) is 7.57. The molecule has 0 atom stereocenters. The minimum atomic E-state index is -3.51. The number of nitrogens with zero attached hydrogens (tertiary/aromatic N) is 1. The van der Waals surface area contributed by atoms with Gasteiger partial charge in [0.15, 0.2) is 0 Å². The summed E-state index contributed by atoms with van der Waals surface area (Å²) >= 11 is 7.25. The average Bonchev–Trinajstić information content (AvgIpc) is 2.96. The molecule has 0 aliphatic heterocycles. The van der Waals surface area contributed by atoms with Gasteiger partial charge in [0.25, 0.3) is 0 Å². The molecule has 0 saturated heterocycles. The van der Waals surface area contributed by atoms with Crippen molar-refractivity contribution in [1.82, 2.24) is 9.97 Å². The second-order valence-corrected chi connectivity index (χ2v) is 7.32. The van der Waals surface area contributed by atoms with Gasteiger partial charge in [0.2, 0.25) is 15.0 Å². The minimum Gasteiger partial charge on any atom is -0.329 e. The number of aromatic amines is 1. The standard InChI is InChI=1S/C12H9ClN2O2S2/c13-8-5-6-18-11(8)7-19(16,17)12-14-9-3-1-2-4-10(9)15-12/h1-6H,7H2,(H,14,15). The van der Waals surface area contributed by atoms with Gasteiger partial charge in [0, 0.05) is 4.88 Å². The van der Waals surface area contributed by atoms with Gasteiger partial charge in [-0.15, -0.1) is 11.3 Å². The van der Waals surface area contributed by atoms with Crippen LogP contribution in [0.25, 0.3) is 11.0 Å². The third-order valence-corrected chi connectivity index (χ3v) is 5.70. The largest absolute Gasteiger partial charge is 0.329 e. The molecule has 0 fully saturated rings. The molecular formula is C12H9ClN2O2S2. The van der Waals surface area contributed by atoms with Gasteiger partial charge in [-0.25, -0.2) is 13.4 Å². The highest BCUT2D eigenvalue weighted by atomic mass is 35.5. The first kappa shape index (κ1) is 12.7. The molecule has 0 aliphatic rings. The van der Waals surface area contributed by atoms with Gasteiger partial charge in [-0.05, 0) is 23.6 Å². The second-order valence-electron chi connectivity index (χ2n) is 4.01. The molecule has 2 heterocycles. The molecular weight excluding hydrogens is 304 g/mol. The van der Waals surface area contributed by atoms with Crippen LogP contribution in [-0.4, -0.2) is 18.4 Å². The Bertz CT molecular complexity index is 803. The van der Waals surface area contributed by atoms with Gasteiger partial charge in [0.1, 0.15) is 0 Å². The van der Waals surface area contributed by atoms with Crippen LogP contribution in [0.2, 0.25) is 5.02 Å². The summed E-state index contributed by atoms with van der Waals surface area (Å²) in [6.07, 6.45) is 0. The fourth-order valence-corrected chi connectivity index (χ4v) is 4.59. The lowest BCUT2D eigenvalue weighted by Crippen LogP contribution is -2.06. The van der Waals surface area contributed by atoms with E-state index in [0.29, 0.717) is 20.9 Å². The number of benzene rings is 1. The minimum absolute atomic E-state index is 0.0156. The smallest absolute Gasteiger partial charge is 0.226 e. The normalized spacial score (nSPS) is 12.1. The van der Waals surface area contributed by atoms with Crippen molar-refractivity contribution in [1.29, 1.82) is 0 Å². The van der Waals surface area contributed by atoms with Crippen molar-refractivity contribution in [2.45, 2.75) is 10.9 Å². The molecule has 0 radical (unpaired) electrons. The number of H-pyrrole nitrogens is 1. The molecule has 0 bridgehead atoms. The van der Waals surface area contributed by atoms with Crippen LogP contribution in [0, 0.1) is 0 Å². The zero-order valence-corrected chi connectivity index (χ0v) is 12.0. The average molecular weight is 313 g/mol. The summed E-state index contributed by atoms with van der Waals surface area (Å²) in [6.45, 7) is 0. The maximum Gasteiger partial charge on any atom is 0.226 e. The molecule has 0 unspecified atom stereocenters. The number of hydrogen-bond acceptors (Lipinski definition) is 4. The lowest BCUT2D eigenvalue weighted by molar-refractivity contribution is 0.589. The van der Waals surface area contributed by atoms with Gasteiger partial charge in [-0.2, -0.15) is 0 Å². The van der Waals surface area contributed by atoms with E-state index < -0.39 is 9.84 Å². The van der Waals surface area contributed by atoms with Crippen LogP contribution in [0.3, 0.4) is 0 Å². The maximum absolute atomic E-state index is 12.3. The number of aromatic nitrogens is 2. The van der Waals surface area contributed by atoms with E-state index in [1.807, 2.05) is 12.1 Å². The first-order chi connectivity index (χ1) is 9.06. The summed E-state index contributed by atoms with van der Waals surface area (Å²) in [6, 6.07) is 8.89. The van der Waals surface area contributed by atoms with Crippen molar-refractivity contribution in [3.8, 4) is 0 Å². The Labute approximate surface area is 119 Å². The van der Waals surface area contributed by atoms with Crippen LogP contribution < -0.4 is 0 Å². The molecule has 1 aromatic carbocycles. The molecule has 4 nitrogen and oxygen atoms in total. The molecule has 7 heteroatoms. The summed E-state index contributed by atoms with van der Waals surface area (Å²) in [7, 11) is -3.51. The number of rotatable bonds is 3. The molecule has 2 aromatic heterocycles. The number of hydrogen-bond donors (Lipinski definition) is 1. The van der Waals surface area contributed by atoms with E-state index in [-0.39, 0.29) is 10.9 Å². The lowest BCUT2D eigenvalue weighted by Gasteiger charge is -1.99. The Kier molecular flexibility index (Phi) is 3.08. The first-order valence-corrected chi connectivity index (χ1v) is 8.36. The molecule has 98 valence electrons. The highest BCUT2D eigenvalue weighted by molar-refractivity contribution is 7.90. The molecule has 0 amide bonds. The number of para-hydroxylation sites is 2. The predicted octanol–water partition coefficient (Wildman–Crippen LogP) is 3.25. The van der Waals surface area contributed by atoms with E-state index in [2.05, 4.69) is 9.97 Å². The number of halogens is 1. The fourth-order valence-electron chi connectivity index (χ4n) is 1.75. The number of sulfone groups is 1. The van der Waals surface area contributed by atoms with Gasteiger partial charge < -0.3 is 4.98 Å². The third-order valence-electron chi connectivity index (χ3n) is 2.67. The van der Waals surface area contributed by atoms with Gasteiger partial charge >= 0.3 is 0 Å². The van der Waals surface area contributed by atoms with E-state index >= 15 is 0 Å². The Hall–Kier alpha value is -1.37. The summed E-state index contributed by atoms with van der Waals surface area (Å²) in [5.41, 5.74) is 1.34. The van der Waals surface area contributed by atoms with E-state index in [4.69, 9.17) is 11.6 Å². The number of thiophene rings is 1. The Morgan fingerprint density at radius 1 is 1.26 bits per heavy atom. The Balaban J connectivity index is 2.02. The van der Waals surface area contributed by atoms with Crippen molar-refractivity contribution in [3.63, 3.8) is 0 Å². The van der Waals surface area contributed by atoms with E-state index in [0.717, 1.165) is 0 Å². The summed E-state index contributed by atoms with van der Waals surface area (Å²) < 4.78 is 24.6. The number of fused-ring (bicyclic) bond motifs is 1. The van der Waals surface area contributed by atoms with E-state index in [9.17, 15) is 8.42 Å². The lowest BCUT2D eigenvalue weighted by atomic mass is 10.3. The second kappa shape index (κ2) is 4.63. The predicted molar refractivity (Wildman–Crippen MR) is 76.3 cm³/mol. The quantitative estimate of drug-likeness (QED) is 0.807. The molecule has 0 saturated carbocycles. The topological polar surface area (TPSA) is 62.8 Å². The Morgan fingerprint density at radius 2 is 2.05 bits per heavy atom. The van der Waals surface area contributed by atoms with Gasteiger partial charge in [-0.1, -0.05) is 23.7 Å². The van der Waals surface area contributed by atoms with Crippen molar-refractivity contribution >= 4 is 43.8 Å². The number of imidazole rings is 1. The molecule has 0 spiro atoms. The van der Waals surface area contributed by atoms with Gasteiger partial charge in [0.05, 0.1) is 21.8 Å². The zero-order valence-electron chi connectivity index (χ0n) is 9.63. The highest BCUT2D eigenvalue weighted by Gasteiger charge is 2.21.